The van der Waals surface area contributed by atoms with E-state index >= 15 is 0 Å². The number of anilines is 1. The predicted octanol–water partition coefficient (Wildman–Crippen LogP) is 9.25. The molecule has 0 radical (unpaired) electrons. The Morgan fingerprint density at radius 2 is 1.86 bits per heavy atom. The SMILES string of the molecule is C1=CC2=C(CC1)N(C1N=C(c3cccc4c5c(oc34)C3CC3C=C5)c3sc4ccccc4c3N1)C1Cc3ccccc3C=C21. The first-order chi connectivity index (χ1) is 21.8. The molecule has 0 saturated heterocycles. The average molecular weight is 588 g/mol. The smallest absolute Gasteiger partial charge is 0.197 e. The Labute approximate surface area is 259 Å². The van der Waals surface area contributed by atoms with Crippen LogP contribution in [0.2, 0.25) is 0 Å². The van der Waals surface area contributed by atoms with Crippen molar-refractivity contribution >= 4 is 55.9 Å². The van der Waals surface area contributed by atoms with Crippen LogP contribution < -0.4 is 5.32 Å². The molecule has 0 spiro atoms. The summed E-state index contributed by atoms with van der Waals surface area (Å²) in [5.41, 5.74) is 12.6. The molecule has 1 fully saturated rings. The minimum Gasteiger partial charge on any atom is -0.459 e. The van der Waals surface area contributed by atoms with Crippen LogP contribution in [0.25, 0.3) is 33.2 Å². The fourth-order valence-corrected chi connectivity index (χ4v) is 9.58. The fraction of sp³-hybridized carbons (Fsp3) is 0.205. The number of allylic oxidation sites excluding steroid dienone is 4. The Morgan fingerprint density at radius 1 is 0.955 bits per heavy atom. The summed E-state index contributed by atoms with van der Waals surface area (Å²) in [7, 11) is 0. The maximum absolute atomic E-state index is 6.80. The van der Waals surface area contributed by atoms with Crippen LogP contribution in [-0.2, 0) is 6.42 Å². The van der Waals surface area contributed by atoms with Gasteiger partial charge in [-0.05, 0) is 72.1 Å². The molecular weight excluding hydrogens is 559 g/mol. The van der Waals surface area contributed by atoms with E-state index in [4.69, 9.17) is 9.41 Å². The molecule has 212 valence electrons. The van der Waals surface area contributed by atoms with E-state index in [1.807, 2.05) is 11.3 Å². The molecule has 1 saturated carbocycles. The lowest BCUT2D eigenvalue weighted by molar-refractivity contribution is 0.237. The average Bonchev–Trinajstić information content (AvgIpc) is 3.48. The molecule has 4 unspecified atom stereocenters. The van der Waals surface area contributed by atoms with Gasteiger partial charge in [0.1, 0.15) is 11.3 Å². The van der Waals surface area contributed by atoms with Gasteiger partial charge in [-0.15, -0.1) is 11.3 Å². The molecule has 2 aliphatic heterocycles. The number of fused-ring (bicyclic) bond motifs is 11. The van der Waals surface area contributed by atoms with E-state index in [0.29, 0.717) is 11.8 Å². The predicted molar refractivity (Wildman–Crippen MR) is 180 cm³/mol. The van der Waals surface area contributed by atoms with E-state index in [1.165, 1.54) is 71.8 Å². The number of furan rings is 1. The minimum atomic E-state index is -0.222. The van der Waals surface area contributed by atoms with E-state index in [0.717, 1.165) is 36.1 Å². The van der Waals surface area contributed by atoms with Crippen molar-refractivity contribution in [1.29, 1.82) is 0 Å². The molecule has 4 atom stereocenters. The van der Waals surface area contributed by atoms with Crippen molar-refractivity contribution in [2.45, 2.75) is 43.9 Å². The first-order valence-corrected chi connectivity index (χ1v) is 16.7. The summed E-state index contributed by atoms with van der Waals surface area (Å²) in [4.78, 5) is 9.48. The Bertz CT molecular complexity index is 2260. The van der Waals surface area contributed by atoms with Crippen molar-refractivity contribution in [3.8, 4) is 0 Å². The van der Waals surface area contributed by atoms with Gasteiger partial charge in [-0.25, -0.2) is 4.99 Å². The Morgan fingerprint density at radius 3 is 2.86 bits per heavy atom. The summed E-state index contributed by atoms with van der Waals surface area (Å²) in [6.07, 6.45) is 15.9. The van der Waals surface area contributed by atoms with Crippen molar-refractivity contribution in [1.82, 2.24) is 4.90 Å². The number of para-hydroxylation sites is 1. The third kappa shape index (κ3) is 3.15. The van der Waals surface area contributed by atoms with Gasteiger partial charge >= 0.3 is 0 Å². The van der Waals surface area contributed by atoms with Gasteiger partial charge in [0.05, 0.1) is 22.3 Å². The van der Waals surface area contributed by atoms with Gasteiger partial charge in [0.15, 0.2) is 6.29 Å². The molecule has 0 bridgehead atoms. The third-order valence-corrected chi connectivity index (χ3v) is 11.7. The zero-order valence-corrected chi connectivity index (χ0v) is 24.9. The van der Waals surface area contributed by atoms with Crippen LogP contribution in [0.5, 0.6) is 0 Å². The number of nitrogens with one attached hydrogen (secondary N) is 1. The topological polar surface area (TPSA) is 40.8 Å². The Balaban J connectivity index is 1.13. The van der Waals surface area contributed by atoms with Crippen LogP contribution in [0.1, 0.15) is 58.1 Å². The number of hydrogen-bond donors (Lipinski definition) is 1. The summed E-state index contributed by atoms with van der Waals surface area (Å²) >= 11 is 1.83. The molecule has 5 aromatic rings. The maximum Gasteiger partial charge on any atom is 0.197 e. The van der Waals surface area contributed by atoms with Crippen LogP contribution in [0, 0.1) is 5.92 Å². The van der Waals surface area contributed by atoms with Gasteiger partial charge < -0.3 is 14.6 Å². The Kier molecular flexibility index (Phi) is 4.61. The summed E-state index contributed by atoms with van der Waals surface area (Å²) in [5, 5.41) is 6.45. The summed E-state index contributed by atoms with van der Waals surface area (Å²) in [5.74, 6) is 2.35. The van der Waals surface area contributed by atoms with Crippen molar-refractivity contribution in [3.05, 3.63) is 135 Å². The molecular formula is C39H29N3OS. The quantitative estimate of drug-likeness (QED) is 0.224. The molecule has 44 heavy (non-hydrogen) atoms. The normalized spacial score (nSPS) is 25.5. The van der Waals surface area contributed by atoms with Crippen molar-refractivity contribution in [3.63, 3.8) is 0 Å². The highest BCUT2D eigenvalue weighted by Crippen LogP contribution is 2.55. The Hall–Kier alpha value is -4.61. The van der Waals surface area contributed by atoms with Crippen molar-refractivity contribution in [2.24, 2.45) is 10.9 Å². The van der Waals surface area contributed by atoms with Gasteiger partial charge in [0.2, 0.25) is 0 Å². The minimum absolute atomic E-state index is 0.222. The van der Waals surface area contributed by atoms with Gasteiger partial charge in [-0.2, -0.15) is 0 Å². The number of hydrogen-bond acceptors (Lipinski definition) is 5. The number of nitrogens with zero attached hydrogens (tertiary/aromatic N) is 2. The largest absolute Gasteiger partial charge is 0.459 e. The molecule has 5 heteroatoms. The first-order valence-electron chi connectivity index (χ1n) is 15.9. The lowest BCUT2D eigenvalue weighted by Gasteiger charge is -2.39. The zero-order valence-electron chi connectivity index (χ0n) is 24.1. The van der Waals surface area contributed by atoms with Crippen LogP contribution >= 0.6 is 11.3 Å². The number of aliphatic imine (C=N–C) groups is 1. The van der Waals surface area contributed by atoms with Crippen molar-refractivity contribution in [2.75, 3.05) is 5.32 Å². The monoisotopic (exact) mass is 587 g/mol. The molecule has 11 rings (SSSR count). The van der Waals surface area contributed by atoms with Crippen LogP contribution in [0.15, 0.2) is 111 Å². The molecule has 4 heterocycles. The van der Waals surface area contributed by atoms with E-state index in [-0.39, 0.29) is 12.3 Å². The highest BCUT2D eigenvalue weighted by Gasteiger charge is 2.45. The van der Waals surface area contributed by atoms with E-state index < -0.39 is 0 Å². The van der Waals surface area contributed by atoms with Crippen LogP contribution in [-0.4, -0.2) is 22.9 Å². The fourth-order valence-electron chi connectivity index (χ4n) is 8.40. The molecule has 2 aromatic heterocycles. The van der Waals surface area contributed by atoms with Crippen LogP contribution in [0.4, 0.5) is 5.69 Å². The van der Waals surface area contributed by atoms with Gasteiger partial charge in [0, 0.05) is 38.2 Å². The summed E-state index contributed by atoms with van der Waals surface area (Å²) < 4.78 is 8.08. The third-order valence-electron chi connectivity index (χ3n) is 10.6. The van der Waals surface area contributed by atoms with Gasteiger partial charge in [-0.1, -0.05) is 78.9 Å². The second-order valence-electron chi connectivity index (χ2n) is 13.0. The second-order valence-corrected chi connectivity index (χ2v) is 14.0. The lowest BCUT2D eigenvalue weighted by Crippen LogP contribution is -2.46. The molecule has 3 aromatic carbocycles. The first kappa shape index (κ1) is 23.8. The second kappa shape index (κ2) is 8.52. The van der Waals surface area contributed by atoms with E-state index in [9.17, 15) is 0 Å². The van der Waals surface area contributed by atoms with Crippen molar-refractivity contribution < 1.29 is 4.42 Å². The number of thiophene rings is 1. The highest BCUT2D eigenvalue weighted by molar-refractivity contribution is 7.22. The standard InChI is InChI=1S/C39H29N3OS/c1-2-9-22-20-32-30(18-21(22)8-1)24-10-3-5-14-31(24)42(32)39-40-34-27-11-4-6-15-33(27)44-38(34)35(41-39)28-13-7-12-25-26-17-16-23-19-29(23)37(26)43-36(25)28/h1-4,6-13,15-18,23,29,32,39-40H,5,14,19-20H2. The van der Waals surface area contributed by atoms with Gasteiger partial charge in [0.25, 0.3) is 0 Å². The molecule has 0 amide bonds. The number of rotatable bonds is 2. The lowest BCUT2D eigenvalue weighted by atomic mass is 9.86. The van der Waals surface area contributed by atoms with Crippen LogP contribution in [0.3, 0.4) is 0 Å². The van der Waals surface area contributed by atoms with E-state index in [1.54, 1.807) is 0 Å². The summed E-state index contributed by atoms with van der Waals surface area (Å²) in [6.45, 7) is 0. The number of benzene rings is 3. The zero-order chi connectivity index (χ0) is 28.5. The highest BCUT2D eigenvalue weighted by atomic mass is 32.1. The van der Waals surface area contributed by atoms with E-state index in [2.05, 4.69) is 107 Å². The molecule has 4 nitrogen and oxygen atoms in total. The van der Waals surface area contributed by atoms with Gasteiger partial charge in [-0.3, -0.25) is 0 Å². The molecule has 1 N–H and O–H groups in total. The molecule has 6 aliphatic rings. The maximum atomic E-state index is 6.80. The summed E-state index contributed by atoms with van der Waals surface area (Å²) in [6, 6.07) is 24.5. The molecule has 4 aliphatic carbocycles.